The summed E-state index contributed by atoms with van der Waals surface area (Å²) in [6.45, 7) is 1.61. The van der Waals surface area contributed by atoms with Gasteiger partial charge in [-0.25, -0.2) is 18.0 Å². The van der Waals surface area contributed by atoms with E-state index in [0.29, 0.717) is 12.1 Å². The predicted molar refractivity (Wildman–Crippen MR) is 64.8 cm³/mol. The number of aliphatic carboxylic acids is 1. The minimum Gasteiger partial charge on any atom is -0.481 e. The van der Waals surface area contributed by atoms with Crippen LogP contribution >= 0.6 is 0 Å². The van der Waals surface area contributed by atoms with Gasteiger partial charge in [-0.2, -0.15) is 0 Å². The van der Waals surface area contributed by atoms with Crippen LogP contribution in [0.3, 0.4) is 0 Å². The number of hydrogen-bond donors (Lipinski definition) is 3. The largest absolute Gasteiger partial charge is 0.481 e. The Hall–Kier alpha value is -2.25. The Kier molecular flexibility index (Phi) is 5.36. The molecule has 0 aliphatic carbocycles. The molecule has 0 saturated heterocycles. The summed E-state index contributed by atoms with van der Waals surface area (Å²) in [5, 5.41) is 12.7. The molecule has 0 aliphatic heterocycles. The van der Waals surface area contributed by atoms with Crippen molar-refractivity contribution in [1.29, 1.82) is 0 Å². The number of halogens is 3. The van der Waals surface area contributed by atoms with Gasteiger partial charge >= 0.3 is 12.0 Å². The summed E-state index contributed by atoms with van der Waals surface area (Å²) in [6.07, 6.45) is -0.153. The van der Waals surface area contributed by atoms with E-state index in [1.807, 2.05) is 5.32 Å². The van der Waals surface area contributed by atoms with Gasteiger partial charge in [-0.05, 0) is 5.92 Å². The van der Waals surface area contributed by atoms with Crippen LogP contribution in [0.5, 0.6) is 0 Å². The predicted octanol–water partition coefficient (Wildman–Crippen LogP) is 2.34. The van der Waals surface area contributed by atoms with Gasteiger partial charge < -0.3 is 15.7 Å². The maximum atomic E-state index is 13.2. The Morgan fingerprint density at radius 2 is 1.80 bits per heavy atom. The Morgan fingerprint density at radius 1 is 1.25 bits per heavy atom. The van der Waals surface area contributed by atoms with Gasteiger partial charge in [-0.15, -0.1) is 0 Å². The molecule has 0 aliphatic rings. The maximum absolute atomic E-state index is 13.2. The van der Waals surface area contributed by atoms with Gasteiger partial charge in [0.2, 0.25) is 0 Å². The van der Waals surface area contributed by atoms with Gasteiger partial charge in [0.1, 0.15) is 11.5 Å². The van der Waals surface area contributed by atoms with E-state index in [1.165, 1.54) is 0 Å². The number of hydrogen-bond acceptors (Lipinski definition) is 2. The molecule has 1 aromatic carbocycles. The third kappa shape index (κ3) is 4.79. The van der Waals surface area contributed by atoms with Crippen LogP contribution in [0.4, 0.5) is 23.7 Å². The Balaban J connectivity index is 2.57. The third-order valence-corrected chi connectivity index (χ3v) is 2.38. The number of nitrogens with one attached hydrogen (secondary N) is 2. The Bertz CT molecular complexity index is 500. The second-order valence-corrected chi connectivity index (χ2v) is 4.28. The van der Waals surface area contributed by atoms with Crippen molar-refractivity contribution >= 4 is 17.7 Å². The van der Waals surface area contributed by atoms with Gasteiger partial charge in [-0.3, -0.25) is 4.79 Å². The molecular weight excluding hydrogens is 277 g/mol. The summed E-state index contributed by atoms with van der Waals surface area (Å²) in [5.74, 6) is -4.94. The molecule has 1 atom stereocenters. The Morgan fingerprint density at radius 3 is 2.30 bits per heavy atom. The second kappa shape index (κ2) is 6.78. The molecule has 1 aromatic rings. The van der Waals surface area contributed by atoms with Crippen LogP contribution in [0.15, 0.2) is 12.1 Å². The van der Waals surface area contributed by atoms with Crippen LogP contribution in [0, 0.1) is 23.4 Å². The van der Waals surface area contributed by atoms with E-state index >= 15 is 0 Å². The number of anilines is 1. The summed E-state index contributed by atoms with van der Waals surface area (Å²) < 4.78 is 39.1. The molecule has 0 aromatic heterocycles. The number of benzene rings is 1. The van der Waals surface area contributed by atoms with Crippen molar-refractivity contribution in [2.45, 2.75) is 13.3 Å². The van der Waals surface area contributed by atoms with E-state index in [1.54, 1.807) is 6.92 Å². The maximum Gasteiger partial charge on any atom is 0.319 e. The molecule has 20 heavy (non-hydrogen) atoms. The molecule has 0 spiro atoms. The van der Waals surface area contributed by atoms with E-state index in [2.05, 4.69) is 5.32 Å². The van der Waals surface area contributed by atoms with Gasteiger partial charge in [-0.1, -0.05) is 6.92 Å². The van der Waals surface area contributed by atoms with Crippen molar-refractivity contribution in [2.24, 2.45) is 5.92 Å². The lowest BCUT2D eigenvalue weighted by Crippen LogP contribution is -2.33. The molecule has 1 unspecified atom stereocenters. The highest BCUT2D eigenvalue weighted by atomic mass is 19.1. The fourth-order valence-electron chi connectivity index (χ4n) is 1.46. The van der Waals surface area contributed by atoms with E-state index in [-0.39, 0.29) is 18.9 Å². The van der Waals surface area contributed by atoms with Crippen LogP contribution in [-0.4, -0.2) is 23.7 Å². The molecule has 0 heterocycles. The molecule has 0 fully saturated rings. The SMILES string of the molecule is CC(CNC(=O)Nc1c(F)cc(F)cc1F)CC(=O)O. The molecular formula is C12H13F3N2O3. The average Bonchev–Trinajstić information content (AvgIpc) is 2.30. The first-order chi connectivity index (χ1) is 9.29. The fourth-order valence-corrected chi connectivity index (χ4v) is 1.46. The highest BCUT2D eigenvalue weighted by molar-refractivity contribution is 5.89. The summed E-state index contributed by atoms with van der Waals surface area (Å²) >= 11 is 0. The second-order valence-electron chi connectivity index (χ2n) is 4.28. The standard InChI is InChI=1S/C12H13F3N2O3/c1-6(2-10(18)19)5-16-12(20)17-11-8(14)3-7(13)4-9(11)15/h3-4,6H,2,5H2,1H3,(H,18,19)(H2,16,17,20). The van der Waals surface area contributed by atoms with E-state index < -0.39 is 35.1 Å². The molecule has 2 amide bonds. The van der Waals surface area contributed by atoms with Crippen molar-refractivity contribution in [1.82, 2.24) is 5.32 Å². The van der Waals surface area contributed by atoms with Crippen molar-refractivity contribution in [3.05, 3.63) is 29.6 Å². The molecule has 8 heteroatoms. The van der Waals surface area contributed by atoms with Gasteiger partial charge in [0.15, 0.2) is 11.6 Å². The van der Waals surface area contributed by atoms with Crippen molar-refractivity contribution in [2.75, 3.05) is 11.9 Å². The molecule has 3 N–H and O–H groups in total. The summed E-state index contributed by atoms with van der Waals surface area (Å²) in [5.41, 5.74) is -0.769. The van der Waals surface area contributed by atoms with E-state index in [0.717, 1.165) is 0 Å². The number of rotatable bonds is 5. The highest BCUT2D eigenvalue weighted by Gasteiger charge is 2.15. The molecule has 0 bridgehead atoms. The molecule has 110 valence electrons. The molecule has 5 nitrogen and oxygen atoms in total. The summed E-state index contributed by atoms with van der Waals surface area (Å²) in [7, 11) is 0. The third-order valence-electron chi connectivity index (χ3n) is 2.38. The lowest BCUT2D eigenvalue weighted by Gasteiger charge is -2.12. The number of carbonyl (C=O) groups excluding carboxylic acids is 1. The Labute approximate surface area is 112 Å². The lowest BCUT2D eigenvalue weighted by atomic mass is 10.1. The van der Waals surface area contributed by atoms with Crippen LogP contribution in [-0.2, 0) is 4.79 Å². The first-order valence-corrected chi connectivity index (χ1v) is 5.70. The normalized spacial score (nSPS) is 11.8. The quantitative estimate of drug-likeness (QED) is 0.778. The minimum absolute atomic E-state index is 0.0164. The topological polar surface area (TPSA) is 78.4 Å². The number of urea groups is 1. The monoisotopic (exact) mass is 290 g/mol. The zero-order valence-electron chi connectivity index (χ0n) is 10.5. The van der Waals surface area contributed by atoms with Crippen molar-refractivity contribution < 1.29 is 27.9 Å². The van der Waals surface area contributed by atoms with E-state index in [9.17, 15) is 22.8 Å². The zero-order chi connectivity index (χ0) is 15.3. The molecule has 0 saturated carbocycles. The summed E-state index contributed by atoms with van der Waals surface area (Å²) in [6, 6.07) is -0.0380. The van der Waals surface area contributed by atoms with Gasteiger partial charge in [0, 0.05) is 25.1 Å². The van der Waals surface area contributed by atoms with E-state index in [4.69, 9.17) is 5.11 Å². The fraction of sp³-hybridized carbons (Fsp3) is 0.333. The highest BCUT2D eigenvalue weighted by Crippen LogP contribution is 2.19. The van der Waals surface area contributed by atoms with Crippen LogP contribution in [0.1, 0.15) is 13.3 Å². The van der Waals surface area contributed by atoms with Crippen LogP contribution in [0.2, 0.25) is 0 Å². The average molecular weight is 290 g/mol. The van der Waals surface area contributed by atoms with Gasteiger partial charge in [0.05, 0.1) is 0 Å². The zero-order valence-corrected chi connectivity index (χ0v) is 10.5. The smallest absolute Gasteiger partial charge is 0.319 e. The first-order valence-electron chi connectivity index (χ1n) is 5.70. The van der Waals surface area contributed by atoms with Crippen LogP contribution < -0.4 is 10.6 Å². The van der Waals surface area contributed by atoms with Crippen LogP contribution in [0.25, 0.3) is 0 Å². The van der Waals surface area contributed by atoms with Gasteiger partial charge in [0.25, 0.3) is 0 Å². The lowest BCUT2D eigenvalue weighted by molar-refractivity contribution is -0.137. The number of carboxylic acids is 1. The minimum atomic E-state index is -1.24. The summed E-state index contributed by atoms with van der Waals surface area (Å²) in [4.78, 5) is 21.8. The molecule has 1 rings (SSSR count). The molecule has 0 radical (unpaired) electrons. The number of carbonyl (C=O) groups is 2. The van der Waals surface area contributed by atoms with Crippen molar-refractivity contribution in [3.63, 3.8) is 0 Å². The van der Waals surface area contributed by atoms with Crippen molar-refractivity contribution in [3.8, 4) is 0 Å². The number of amides is 2. The first kappa shape index (κ1) is 15.8. The number of carboxylic acid groups (broad SMARTS) is 1.